The third kappa shape index (κ3) is 6.94. The Bertz CT molecular complexity index is 798. The Labute approximate surface area is 188 Å². The maximum Gasteiger partial charge on any atom is 0.259 e. The van der Waals surface area contributed by atoms with Gasteiger partial charge >= 0.3 is 0 Å². The fourth-order valence-electron chi connectivity index (χ4n) is 2.98. The van der Waals surface area contributed by atoms with E-state index >= 15 is 0 Å². The predicted octanol–water partition coefficient (Wildman–Crippen LogP) is 3.90. The molecule has 1 heterocycles. The molecule has 1 aliphatic heterocycles. The quantitative estimate of drug-likeness (QED) is 0.637. The van der Waals surface area contributed by atoms with E-state index in [1.165, 1.54) is 18.7 Å². The van der Waals surface area contributed by atoms with Crippen LogP contribution in [0.1, 0.15) is 15.9 Å². The monoisotopic (exact) mass is 461 g/mol. The minimum Gasteiger partial charge on any atom is -0.496 e. The molecule has 1 aliphatic rings. The molecule has 0 spiro atoms. The Kier molecular flexibility index (Phi) is 10.6. The zero-order valence-electron chi connectivity index (χ0n) is 16.2. The maximum absolute atomic E-state index is 12.6. The first-order valence-electron chi connectivity index (χ1n) is 8.90. The van der Waals surface area contributed by atoms with Crippen LogP contribution < -0.4 is 15.8 Å². The van der Waals surface area contributed by atoms with Crippen molar-refractivity contribution in [3.63, 3.8) is 0 Å². The van der Waals surface area contributed by atoms with Crippen LogP contribution in [0.3, 0.4) is 0 Å². The van der Waals surface area contributed by atoms with Gasteiger partial charge < -0.3 is 20.5 Å². The molecule has 29 heavy (non-hydrogen) atoms. The van der Waals surface area contributed by atoms with Gasteiger partial charge in [-0.05, 0) is 30.2 Å². The average molecular weight is 463 g/mol. The van der Waals surface area contributed by atoms with Crippen molar-refractivity contribution in [2.24, 2.45) is 0 Å². The van der Waals surface area contributed by atoms with Crippen LogP contribution in [0.2, 0.25) is 5.02 Å². The van der Waals surface area contributed by atoms with Crippen molar-refractivity contribution in [2.45, 2.75) is 6.42 Å². The van der Waals surface area contributed by atoms with E-state index < -0.39 is 0 Å². The number of carbonyl (C=O) groups is 1. The number of benzene rings is 2. The number of hydrogen-bond acceptors (Lipinski definition) is 5. The van der Waals surface area contributed by atoms with Gasteiger partial charge in [0.05, 0.1) is 36.6 Å². The highest BCUT2D eigenvalue weighted by Gasteiger charge is 2.15. The summed E-state index contributed by atoms with van der Waals surface area (Å²) in [5, 5.41) is 3.19. The lowest BCUT2D eigenvalue weighted by molar-refractivity contribution is 0.0384. The number of nitrogens with one attached hydrogen (secondary N) is 1. The first-order chi connectivity index (χ1) is 13.1. The van der Waals surface area contributed by atoms with Gasteiger partial charge in [-0.25, -0.2) is 0 Å². The zero-order chi connectivity index (χ0) is 19.2. The third-order valence-corrected chi connectivity index (χ3v) is 4.92. The molecule has 0 aliphatic carbocycles. The topological polar surface area (TPSA) is 76.8 Å². The van der Waals surface area contributed by atoms with E-state index in [1.807, 2.05) is 24.3 Å². The van der Waals surface area contributed by atoms with Crippen molar-refractivity contribution in [2.75, 3.05) is 51.0 Å². The van der Waals surface area contributed by atoms with E-state index in [2.05, 4.69) is 10.2 Å². The fraction of sp³-hybridized carbons (Fsp3) is 0.350. The second kappa shape index (κ2) is 12.1. The van der Waals surface area contributed by atoms with Crippen molar-refractivity contribution in [1.29, 1.82) is 0 Å². The number of morpholine rings is 1. The molecule has 9 heteroatoms. The number of rotatable bonds is 6. The highest BCUT2D eigenvalue weighted by atomic mass is 35.5. The molecule has 3 N–H and O–H groups in total. The van der Waals surface area contributed by atoms with E-state index in [9.17, 15) is 4.79 Å². The third-order valence-electron chi connectivity index (χ3n) is 4.60. The van der Waals surface area contributed by atoms with Gasteiger partial charge in [0.1, 0.15) is 5.75 Å². The number of halogens is 3. The van der Waals surface area contributed by atoms with Gasteiger partial charge in [0.2, 0.25) is 0 Å². The van der Waals surface area contributed by atoms with Crippen LogP contribution in [-0.2, 0) is 11.2 Å². The summed E-state index contributed by atoms with van der Waals surface area (Å²) in [4.78, 5) is 15.0. The van der Waals surface area contributed by atoms with E-state index in [4.69, 9.17) is 26.8 Å². The van der Waals surface area contributed by atoms with Crippen LogP contribution in [-0.4, -0.2) is 50.8 Å². The van der Waals surface area contributed by atoms with Crippen molar-refractivity contribution in [3.8, 4) is 5.75 Å². The van der Waals surface area contributed by atoms with Crippen LogP contribution in [0.15, 0.2) is 36.4 Å². The molecule has 0 radical (unpaired) electrons. The Balaban J connectivity index is 0.00000210. The molecule has 3 rings (SSSR count). The number of ether oxygens (including phenoxy) is 2. The summed E-state index contributed by atoms with van der Waals surface area (Å²) in [7, 11) is 1.49. The van der Waals surface area contributed by atoms with Gasteiger partial charge in [0.15, 0.2) is 0 Å². The Morgan fingerprint density at radius 3 is 2.48 bits per heavy atom. The largest absolute Gasteiger partial charge is 0.496 e. The van der Waals surface area contributed by atoms with Crippen LogP contribution in [0.5, 0.6) is 5.75 Å². The lowest BCUT2D eigenvalue weighted by Crippen LogP contribution is -2.37. The first kappa shape index (κ1) is 25.3. The molecule has 6 nitrogen and oxygen atoms in total. The number of nitrogens with zero attached hydrogens (tertiary/aromatic N) is 1. The van der Waals surface area contributed by atoms with Gasteiger partial charge in [-0.2, -0.15) is 0 Å². The van der Waals surface area contributed by atoms with Gasteiger partial charge in [0.25, 0.3) is 5.91 Å². The van der Waals surface area contributed by atoms with E-state index in [0.29, 0.717) is 27.7 Å². The number of nitrogens with two attached hydrogens (primary N) is 1. The van der Waals surface area contributed by atoms with Crippen molar-refractivity contribution in [1.82, 2.24) is 4.90 Å². The molecule has 0 atom stereocenters. The van der Waals surface area contributed by atoms with E-state index in [-0.39, 0.29) is 30.7 Å². The molecule has 160 valence electrons. The fourth-order valence-corrected chi connectivity index (χ4v) is 3.14. The van der Waals surface area contributed by atoms with Crippen molar-refractivity contribution >= 4 is 53.7 Å². The summed E-state index contributed by atoms with van der Waals surface area (Å²) in [6, 6.07) is 10.9. The Morgan fingerprint density at radius 1 is 1.21 bits per heavy atom. The summed E-state index contributed by atoms with van der Waals surface area (Å²) in [5.74, 6) is 0.0892. The van der Waals surface area contributed by atoms with E-state index in [0.717, 1.165) is 39.3 Å². The predicted molar refractivity (Wildman–Crippen MR) is 122 cm³/mol. The summed E-state index contributed by atoms with van der Waals surface area (Å²) in [6.45, 7) is 4.60. The summed E-state index contributed by atoms with van der Waals surface area (Å²) in [6.07, 6.45) is 0.968. The number of carbonyl (C=O) groups excluding carboxylic acids is 1. The molecule has 0 saturated carbocycles. The van der Waals surface area contributed by atoms with Crippen LogP contribution in [0.25, 0.3) is 0 Å². The average Bonchev–Trinajstić information content (AvgIpc) is 2.70. The number of hydrogen-bond donors (Lipinski definition) is 2. The lowest BCUT2D eigenvalue weighted by atomic mass is 10.1. The number of amides is 1. The normalized spacial score (nSPS) is 13.7. The minimum absolute atomic E-state index is 0. The SMILES string of the molecule is COc1cc(N)c(Cl)cc1C(=O)Nc1ccc(CCN2CCOCC2)cc1.Cl.Cl. The molecule has 2 aromatic carbocycles. The molecular formula is C20H26Cl3N3O3. The molecule has 1 saturated heterocycles. The molecule has 0 unspecified atom stereocenters. The molecule has 0 bridgehead atoms. The summed E-state index contributed by atoms with van der Waals surface area (Å²) >= 11 is 6.04. The highest BCUT2D eigenvalue weighted by molar-refractivity contribution is 6.33. The highest BCUT2D eigenvalue weighted by Crippen LogP contribution is 2.29. The second-order valence-corrected chi connectivity index (χ2v) is 6.84. The minimum atomic E-state index is -0.296. The van der Waals surface area contributed by atoms with Gasteiger partial charge in [-0.15, -0.1) is 24.8 Å². The van der Waals surface area contributed by atoms with Gasteiger partial charge in [-0.3, -0.25) is 9.69 Å². The second-order valence-electron chi connectivity index (χ2n) is 6.43. The number of methoxy groups -OCH3 is 1. The first-order valence-corrected chi connectivity index (χ1v) is 9.28. The van der Waals surface area contributed by atoms with Gasteiger partial charge in [0, 0.05) is 31.4 Å². The molecule has 0 aromatic heterocycles. The van der Waals surface area contributed by atoms with Crippen molar-refractivity contribution < 1.29 is 14.3 Å². The molecule has 2 aromatic rings. The smallest absolute Gasteiger partial charge is 0.259 e. The molecule has 1 fully saturated rings. The Morgan fingerprint density at radius 2 is 1.86 bits per heavy atom. The summed E-state index contributed by atoms with van der Waals surface area (Å²) in [5.41, 5.74) is 8.42. The standard InChI is InChI=1S/C20H24ClN3O3.2ClH/c1-26-19-13-18(22)17(21)12-16(19)20(25)23-15-4-2-14(3-5-15)6-7-24-8-10-27-11-9-24;;/h2-5,12-13H,6-11,22H2,1H3,(H,23,25);2*1H. The van der Waals surface area contributed by atoms with Crippen LogP contribution >= 0.6 is 36.4 Å². The summed E-state index contributed by atoms with van der Waals surface area (Å²) < 4.78 is 10.6. The zero-order valence-corrected chi connectivity index (χ0v) is 18.5. The van der Waals surface area contributed by atoms with Gasteiger partial charge in [-0.1, -0.05) is 23.7 Å². The molecular weight excluding hydrogens is 437 g/mol. The maximum atomic E-state index is 12.6. The van der Waals surface area contributed by atoms with Crippen LogP contribution in [0.4, 0.5) is 11.4 Å². The number of nitrogen functional groups attached to an aromatic ring is 1. The Hall–Kier alpha value is -1.70. The van der Waals surface area contributed by atoms with Crippen LogP contribution in [0, 0.1) is 0 Å². The number of anilines is 2. The van der Waals surface area contributed by atoms with Crippen molar-refractivity contribution in [3.05, 3.63) is 52.5 Å². The lowest BCUT2D eigenvalue weighted by Gasteiger charge is -2.26. The van der Waals surface area contributed by atoms with E-state index in [1.54, 1.807) is 6.07 Å². The molecule has 1 amide bonds.